The van der Waals surface area contributed by atoms with E-state index in [1.54, 1.807) is 6.07 Å². The van der Waals surface area contributed by atoms with Crippen LogP contribution in [0, 0.1) is 0 Å². The molecular formula is C28H36O15. The molecule has 2 heterocycles. The molecule has 0 aromatic heterocycles. The molecule has 2 aromatic rings. The van der Waals surface area contributed by atoms with Gasteiger partial charge in [0.2, 0.25) is 6.29 Å². The van der Waals surface area contributed by atoms with E-state index in [9.17, 15) is 50.8 Å². The number of carbonyl (C=O) groups excluding carboxylic acids is 1. The number of phenolic OH excluding ortho intramolecular Hbond substituents is 3. The Balaban J connectivity index is 1.51. The Hall–Kier alpha value is -3.25. The first kappa shape index (κ1) is 32.7. The SMILES string of the molecule is COc1ccc(CCC(=O)c2c(O)cc(OC3OC(CO)C(O)C(O)C3O[C@@H]3OC(C)C(O)C(O)C3O)cc2O)cc1O. The molecule has 0 spiro atoms. The van der Waals surface area contributed by atoms with Gasteiger partial charge in [0.1, 0.15) is 59.4 Å². The summed E-state index contributed by atoms with van der Waals surface area (Å²) in [5, 5.41) is 92.3. The Morgan fingerprint density at radius 2 is 1.51 bits per heavy atom. The average molecular weight is 613 g/mol. The molecule has 0 radical (unpaired) electrons. The second-order valence-corrected chi connectivity index (χ2v) is 10.4. The van der Waals surface area contributed by atoms with Crippen molar-refractivity contribution in [2.24, 2.45) is 0 Å². The van der Waals surface area contributed by atoms with Gasteiger partial charge in [-0.1, -0.05) is 6.07 Å². The molecule has 15 heteroatoms. The molecule has 0 saturated carbocycles. The number of aromatic hydroxyl groups is 3. The molecule has 0 amide bonds. The van der Waals surface area contributed by atoms with E-state index < -0.39 is 90.9 Å². The number of hydrogen-bond donors (Lipinski definition) is 9. The molecule has 2 aliphatic heterocycles. The van der Waals surface area contributed by atoms with Gasteiger partial charge >= 0.3 is 0 Å². The van der Waals surface area contributed by atoms with E-state index in [-0.39, 0.29) is 30.1 Å². The van der Waals surface area contributed by atoms with Crippen LogP contribution in [0.2, 0.25) is 0 Å². The molecule has 2 saturated heterocycles. The van der Waals surface area contributed by atoms with Crippen LogP contribution in [0.5, 0.6) is 28.7 Å². The lowest BCUT2D eigenvalue weighted by Crippen LogP contribution is -2.64. The number of Topliss-reactive ketones (excluding diaryl/α,β-unsaturated/α-hetero) is 1. The molecular weight excluding hydrogens is 576 g/mol. The van der Waals surface area contributed by atoms with E-state index in [4.69, 9.17) is 23.7 Å². The minimum Gasteiger partial charge on any atom is -0.507 e. The van der Waals surface area contributed by atoms with Gasteiger partial charge in [-0.25, -0.2) is 0 Å². The number of aryl methyl sites for hydroxylation is 1. The van der Waals surface area contributed by atoms with Crippen LogP contribution < -0.4 is 9.47 Å². The number of rotatable bonds is 10. The molecule has 15 nitrogen and oxygen atoms in total. The van der Waals surface area contributed by atoms with Gasteiger partial charge in [-0.15, -0.1) is 0 Å². The van der Waals surface area contributed by atoms with Crippen molar-refractivity contribution in [1.29, 1.82) is 0 Å². The molecule has 4 rings (SSSR count). The van der Waals surface area contributed by atoms with Crippen molar-refractivity contribution >= 4 is 5.78 Å². The van der Waals surface area contributed by atoms with Crippen molar-refractivity contribution in [3.63, 3.8) is 0 Å². The lowest BCUT2D eigenvalue weighted by molar-refractivity contribution is -0.354. The van der Waals surface area contributed by atoms with Crippen molar-refractivity contribution < 1.29 is 74.4 Å². The highest BCUT2D eigenvalue weighted by Gasteiger charge is 2.51. The molecule has 238 valence electrons. The fraction of sp³-hybridized carbons (Fsp3) is 0.536. The van der Waals surface area contributed by atoms with Crippen LogP contribution in [0.1, 0.15) is 29.3 Å². The van der Waals surface area contributed by atoms with Crippen LogP contribution in [-0.4, -0.2) is 127 Å². The van der Waals surface area contributed by atoms with Gasteiger partial charge in [0.25, 0.3) is 0 Å². The zero-order valence-electron chi connectivity index (χ0n) is 23.3. The highest BCUT2D eigenvalue weighted by Crippen LogP contribution is 2.37. The number of ether oxygens (including phenoxy) is 5. The topological polar surface area (TPSA) is 245 Å². The van der Waals surface area contributed by atoms with E-state index in [2.05, 4.69) is 0 Å². The first-order valence-corrected chi connectivity index (χ1v) is 13.5. The van der Waals surface area contributed by atoms with Crippen LogP contribution in [0.15, 0.2) is 30.3 Å². The normalized spacial score (nSPS) is 32.7. The molecule has 2 fully saturated rings. The van der Waals surface area contributed by atoms with Crippen molar-refractivity contribution in [3.8, 4) is 28.7 Å². The van der Waals surface area contributed by atoms with Crippen molar-refractivity contribution in [3.05, 3.63) is 41.5 Å². The van der Waals surface area contributed by atoms with Crippen molar-refractivity contribution in [1.82, 2.24) is 0 Å². The minimum atomic E-state index is -1.79. The minimum absolute atomic E-state index is 0.110. The summed E-state index contributed by atoms with van der Waals surface area (Å²) >= 11 is 0. The third-order valence-corrected chi connectivity index (χ3v) is 7.41. The zero-order chi connectivity index (χ0) is 31.6. The zero-order valence-corrected chi connectivity index (χ0v) is 23.3. The summed E-state index contributed by atoms with van der Waals surface area (Å²) < 4.78 is 27.2. The van der Waals surface area contributed by atoms with Gasteiger partial charge in [-0.3, -0.25) is 4.79 Å². The molecule has 2 aliphatic rings. The van der Waals surface area contributed by atoms with Gasteiger partial charge in [0.05, 0.1) is 19.8 Å². The Morgan fingerprint density at radius 3 is 2.12 bits per heavy atom. The first-order chi connectivity index (χ1) is 20.4. The third-order valence-electron chi connectivity index (χ3n) is 7.41. The largest absolute Gasteiger partial charge is 0.507 e. The number of aliphatic hydroxyl groups is 6. The Bertz CT molecular complexity index is 1250. The summed E-state index contributed by atoms with van der Waals surface area (Å²) in [6.07, 6.45) is -15.5. The average Bonchev–Trinajstić information content (AvgIpc) is 2.96. The van der Waals surface area contributed by atoms with Crippen molar-refractivity contribution in [2.45, 2.75) is 81.2 Å². The maximum Gasteiger partial charge on any atom is 0.229 e. The highest BCUT2D eigenvalue weighted by molar-refractivity contribution is 6.01. The molecule has 43 heavy (non-hydrogen) atoms. The smallest absolute Gasteiger partial charge is 0.229 e. The quantitative estimate of drug-likeness (QED) is 0.141. The lowest BCUT2D eigenvalue weighted by atomic mass is 9.97. The number of phenols is 3. The Morgan fingerprint density at radius 1 is 0.837 bits per heavy atom. The Kier molecular flexibility index (Phi) is 10.3. The predicted molar refractivity (Wildman–Crippen MR) is 143 cm³/mol. The first-order valence-electron chi connectivity index (χ1n) is 13.5. The van der Waals surface area contributed by atoms with Crippen LogP contribution in [-0.2, 0) is 20.6 Å². The van der Waals surface area contributed by atoms with Crippen LogP contribution in [0.4, 0.5) is 0 Å². The fourth-order valence-electron chi connectivity index (χ4n) is 4.93. The van der Waals surface area contributed by atoms with Crippen molar-refractivity contribution in [2.75, 3.05) is 13.7 Å². The second kappa shape index (κ2) is 13.6. The number of benzene rings is 2. The summed E-state index contributed by atoms with van der Waals surface area (Å²) in [5.74, 6) is -2.04. The van der Waals surface area contributed by atoms with Crippen LogP contribution in [0.25, 0.3) is 0 Å². The number of ketones is 1. The monoisotopic (exact) mass is 612 g/mol. The van der Waals surface area contributed by atoms with Gasteiger partial charge in [-0.05, 0) is 31.0 Å². The summed E-state index contributed by atoms with van der Waals surface area (Å²) in [6.45, 7) is 0.662. The number of carbonyl (C=O) groups is 1. The third kappa shape index (κ3) is 6.95. The van der Waals surface area contributed by atoms with E-state index in [1.807, 2.05) is 0 Å². The molecule has 0 aliphatic carbocycles. The van der Waals surface area contributed by atoms with Gasteiger partial charge < -0.3 is 69.6 Å². The van der Waals surface area contributed by atoms with E-state index in [0.29, 0.717) is 5.56 Å². The number of aliphatic hydroxyl groups excluding tert-OH is 6. The van der Waals surface area contributed by atoms with Crippen LogP contribution in [0.3, 0.4) is 0 Å². The summed E-state index contributed by atoms with van der Waals surface area (Å²) in [5.41, 5.74) is 0.208. The molecule has 9 unspecified atom stereocenters. The van der Waals surface area contributed by atoms with Crippen LogP contribution >= 0.6 is 0 Å². The summed E-state index contributed by atoms with van der Waals surface area (Å²) in [6, 6.07) is 6.59. The standard InChI is InChI=1S/C28H36O15/c1-11-21(34)23(36)25(38)27(40-11)43-26-24(37)22(35)19(10-29)42-28(26)41-13-8-16(32)20(17(33)9-13)14(30)5-3-12-4-6-18(39-2)15(31)7-12/h4,6-9,11,19,21-29,31-38H,3,5,10H2,1-2H3/t11?,19?,21?,22?,23?,24?,25?,26?,27-,28?/m0/s1. The Labute approximate surface area is 245 Å². The summed E-state index contributed by atoms with van der Waals surface area (Å²) in [4.78, 5) is 12.9. The van der Waals surface area contributed by atoms with Gasteiger partial charge in [-0.2, -0.15) is 0 Å². The maximum absolute atomic E-state index is 12.9. The fourth-order valence-corrected chi connectivity index (χ4v) is 4.93. The highest BCUT2D eigenvalue weighted by atomic mass is 16.8. The molecule has 9 N–H and O–H groups in total. The lowest BCUT2D eigenvalue weighted by Gasteiger charge is -2.45. The van der Waals surface area contributed by atoms with E-state index in [0.717, 1.165) is 12.1 Å². The number of methoxy groups -OCH3 is 1. The molecule has 10 atom stereocenters. The van der Waals surface area contributed by atoms with Gasteiger partial charge in [0.15, 0.2) is 29.7 Å². The van der Waals surface area contributed by atoms with E-state index >= 15 is 0 Å². The van der Waals surface area contributed by atoms with E-state index in [1.165, 1.54) is 26.2 Å². The maximum atomic E-state index is 12.9. The second-order valence-electron chi connectivity index (χ2n) is 10.4. The van der Waals surface area contributed by atoms with Gasteiger partial charge in [0, 0.05) is 18.6 Å². The number of hydrogen-bond acceptors (Lipinski definition) is 15. The predicted octanol–water partition coefficient (Wildman–Crippen LogP) is -1.34. The molecule has 0 bridgehead atoms. The summed E-state index contributed by atoms with van der Waals surface area (Å²) in [7, 11) is 1.40. The molecule has 2 aromatic carbocycles.